The Morgan fingerprint density at radius 2 is 1.71 bits per heavy atom. The van der Waals surface area contributed by atoms with E-state index in [0.717, 1.165) is 5.92 Å². The molecule has 0 unspecified atom stereocenters. The highest BCUT2D eigenvalue weighted by Crippen LogP contribution is 2.28. The molecule has 1 heteroatoms. The molecular formula is C16H33N. The molecule has 0 spiro atoms. The van der Waals surface area contributed by atoms with E-state index in [1.807, 2.05) is 0 Å². The van der Waals surface area contributed by atoms with Gasteiger partial charge in [0.15, 0.2) is 0 Å². The number of hydrogen-bond donors (Lipinski definition) is 0. The molecule has 102 valence electrons. The van der Waals surface area contributed by atoms with Gasteiger partial charge in [0.25, 0.3) is 0 Å². The molecule has 1 saturated heterocycles. The zero-order chi connectivity index (χ0) is 12.7. The van der Waals surface area contributed by atoms with Gasteiger partial charge in [-0.25, -0.2) is 0 Å². The summed E-state index contributed by atoms with van der Waals surface area (Å²) in [6, 6.07) is 0. The lowest BCUT2D eigenvalue weighted by Gasteiger charge is -2.33. The van der Waals surface area contributed by atoms with Crippen molar-refractivity contribution in [2.75, 3.05) is 19.6 Å². The normalized spacial score (nSPS) is 19.8. The van der Waals surface area contributed by atoms with Gasteiger partial charge in [-0.1, -0.05) is 40.5 Å². The van der Waals surface area contributed by atoms with Crippen LogP contribution < -0.4 is 0 Å². The van der Waals surface area contributed by atoms with E-state index in [9.17, 15) is 0 Å². The SMILES string of the molecule is CCCCCN1CCC(CCC(C)(C)C)CC1. The van der Waals surface area contributed by atoms with Crippen LogP contribution in [0, 0.1) is 11.3 Å². The summed E-state index contributed by atoms with van der Waals surface area (Å²) in [5.41, 5.74) is 0.526. The van der Waals surface area contributed by atoms with Crippen LogP contribution in [0.25, 0.3) is 0 Å². The van der Waals surface area contributed by atoms with Crippen molar-refractivity contribution in [1.82, 2.24) is 4.90 Å². The van der Waals surface area contributed by atoms with Gasteiger partial charge in [-0.05, 0) is 63.1 Å². The highest BCUT2D eigenvalue weighted by atomic mass is 15.1. The van der Waals surface area contributed by atoms with Gasteiger partial charge in [0, 0.05) is 0 Å². The van der Waals surface area contributed by atoms with E-state index in [-0.39, 0.29) is 0 Å². The third kappa shape index (κ3) is 7.08. The molecule has 17 heavy (non-hydrogen) atoms. The van der Waals surface area contributed by atoms with Gasteiger partial charge < -0.3 is 4.90 Å². The Kier molecular flexibility index (Phi) is 6.54. The van der Waals surface area contributed by atoms with Crippen molar-refractivity contribution in [3.05, 3.63) is 0 Å². The molecule has 1 heterocycles. The molecule has 0 radical (unpaired) electrons. The fourth-order valence-electron chi connectivity index (χ4n) is 2.72. The number of rotatable bonds is 6. The van der Waals surface area contributed by atoms with Crippen LogP contribution in [-0.4, -0.2) is 24.5 Å². The Morgan fingerprint density at radius 1 is 1.06 bits per heavy atom. The molecule has 0 amide bonds. The lowest BCUT2D eigenvalue weighted by Crippen LogP contribution is -2.34. The monoisotopic (exact) mass is 239 g/mol. The lowest BCUT2D eigenvalue weighted by molar-refractivity contribution is 0.166. The molecule has 0 aromatic carbocycles. The van der Waals surface area contributed by atoms with Gasteiger partial charge in [-0.3, -0.25) is 0 Å². The van der Waals surface area contributed by atoms with E-state index in [0.29, 0.717) is 5.41 Å². The van der Waals surface area contributed by atoms with Gasteiger partial charge in [0.1, 0.15) is 0 Å². The van der Waals surface area contributed by atoms with Crippen LogP contribution in [0.1, 0.15) is 72.6 Å². The highest BCUT2D eigenvalue weighted by Gasteiger charge is 2.20. The first kappa shape index (κ1) is 15.0. The summed E-state index contributed by atoms with van der Waals surface area (Å²) in [4.78, 5) is 2.68. The Balaban J connectivity index is 2.09. The Bertz CT molecular complexity index is 184. The number of hydrogen-bond acceptors (Lipinski definition) is 1. The standard InChI is InChI=1S/C16H33N/c1-5-6-7-12-17-13-9-15(10-14-17)8-11-16(2,3)4/h15H,5-14H2,1-4H3. The summed E-state index contributed by atoms with van der Waals surface area (Å²) in [5, 5.41) is 0. The second-order valence-electron chi connectivity index (χ2n) is 7.09. The molecule has 1 nitrogen and oxygen atoms in total. The summed E-state index contributed by atoms with van der Waals surface area (Å²) < 4.78 is 0. The van der Waals surface area contributed by atoms with Crippen LogP contribution in [0.2, 0.25) is 0 Å². The van der Waals surface area contributed by atoms with Gasteiger partial charge in [0.2, 0.25) is 0 Å². The quantitative estimate of drug-likeness (QED) is 0.606. The van der Waals surface area contributed by atoms with Gasteiger partial charge in [0.05, 0.1) is 0 Å². The molecule has 0 aliphatic carbocycles. The molecule has 0 bridgehead atoms. The summed E-state index contributed by atoms with van der Waals surface area (Å²) in [6.45, 7) is 13.5. The maximum absolute atomic E-state index is 2.68. The van der Waals surface area contributed by atoms with Gasteiger partial charge >= 0.3 is 0 Å². The molecule has 0 atom stereocenters. The first-order chi connectivity index (χ1) is 8.01. The Morgan fingerprint density at radius 3 is 2.24 bits per heavy atom. The molecule has 0 N–H and O–H groups in total. The molecule has 1 fully saturated rings. The number of piperidine rings is 1. The minimum Gasteiger partial charge on any atom is -0.303 e. The lowest BCUT2D eigenvalue weighted by atomic mass is 9.83. The van der Waals surface area contributed by atoms with E-state index in [2.05, 4.69) is 32.6 Å². The summed E-state index contributed by atoms with van der Waals surface area (Å²) >= 11 is 0. The molecule has 1 aliphatic heterocycles. The predicted octanol–water partition coefficient (Wildman–Crippen LogP) is 4.71. The van der Waals surface area contributed by atoms with E-state index >= 15 is 0 Å². The minimum absolute atomic E-state index is 0.526. The van der Waals surface area contributed by atoms with Crippen LogP contribution in [0.5, 0.6) is 0 Å². The topological polar surface area (TPSA) is 3.24 Å². The third-order valence-corrected chi connectivity index (χ3v) is 4.09. The fourth-order valence-corrected chi connectivity index (χ4v) is 2.72. The summed E-state index contributed by atoms with van der Waals surface area (Å²) in [5.74, 6) is 1.01. The first-order valence-electron chi connectivity index (χ1n) is 7.73. The van der Waals surface area contributed by atoms with Gasteiger partial charge in [-0.2, -0.15) is 0 Å². The molecular weight excluding hydrogens is 206 g/mol. The van der Waals surface area contributed by atoms with Crippen molar-refractivity contribution < 1.29 is 0 Å². The zero-order valence-electron chi connectivity index (χ0n) is 12.6. The number of likely N-dealkylation sites (tertiary alicyclic amines) is 1. The zero-order valence-corrected chi connectivity index (χ0v) is 12.6. The van der Waals surface area contributed by atoms with E-state index in [4.69, 9.17) is 0 Å². The van der Waals surface area contributed by atoms with Crippen molar-refractivity contribution in [2.45, 2.75) is 72.6 Å². The van der Waals surface area contributed by atoms with Crippen LogP contribution >= 0.6 is 0 Å². The van der Waals surface area contributed by atoms with E-state index in [1.54, 1.807) is 0 Å². The predicted molar refractivity (Wildman–Crippen MR) is 77.4 cm³/mol. The number of nitrogens with zero attached hydrogens (tertiary/aromatic N) is 1. The number of unbranched alkanes of at least 4 members (excludes halogenated alkanes) is 2. The van der Waals surface area contributed by atoms with E-state index < -0.39 is 0 Å². The third-order valence-electron chi connectivity index (χ3n) is 4.09. The Hall–Kier alpha value is -0.0400. The second kappa shape index (κ2) is 7.41. The first-order valence-corrected chi connectivity index (χ1v) is 7.73. The smallest absolute Gasteiger partial charge is 0.00161 e. The maximum Gasteiger partial charge on any atom is -0.00161 e. The average molecular weight is 239 g/mol. The van der Waals surface area contributed by atoms with Crippen LogP contribution in [0.3, 0.4) is 0 Å². The summed E-state index contributed by atoms with van der Waals surface area (Å²) in [7, 11) is 0. The van der Waals surface area contributed by atoms with Gasteiger partial charge in [-0.15, -0.1) is 0 Å². The van der Waals surface area contributed by atoms with Crippen molar-refractivity contribution in [1.29, 1.82) is 0 Å². The summed E-state index contributed by atoms with van der Waals surface area (Å²) in [6.07, 6.45) is 9.90. The van der Waals surface area contributed by atoms with Crippen LogP contribution in [0.4, 0.5) is 0 Å². The van der Waals surface area contributed by atoms with E-state index in [1.165, 1.54) is 64.6 Å². The average Bonchev–Trinajstić information content (AvgIpc) is 2.27. The van der Waals surface area contributed by atoms with Crippen molar-refractivity contribution in [3.63, 3.8) is 0 Å². The Labute approximate surface area is 109 Å². The fraction of sp³-hybridized carbons (Fsp3) is 1.00. The molecule has 1 aliphatic rings. The molecule has 1 rings (SSSR count). The van der Waals surface area contributed by atoms with Crippen LogP contribution in [0.15, 0.2) is 0 Å². The maximum atomic E-state index is 2.68. The molecule has 0 saturated carbocycles. The van der Waals surface area contributed by atoms with Crippen molar-refractivity contribution in [3.8, 4) is 0 Å². The largest absolute Gasteiger partial charge is 0.303 e. The van der Waals surface area contributed by atoms with Crippen molar-refractivity contribution in [2.24, 2.45) is 11.3 Å². The highest BCUT2D eigenvalue weighted by molar-refractivity contribution is 4.74. The second-order valence-corrected chi connectivity index (χ2v) is 7.09. The molecule has 0 aromatic rings. The van der Waals surface area contributed by atoms with Crippen LogP contribution in [-0.2, 0) is 0 Å². The molecule has 0 aromatic heterocycles. The van der Waals surface area contributed by atoms with Crippen molar-refractivity contribution >= 4 is 0 Å². The minimum atomic E-state index is 0.526.